The zero-order valence-electron chi connectivity index (χ0n) is 22.0. The molecule has 0 aliphatic carbocycles. The molecule has 0 aliphatic rings. The number of imidazole rings is 1. The Morgan fingerprint density at radius 3 is 2.46 bits per heavy atom. The molecular formula is C30H35N3O4. The number of rotatable bonds is 12. The lowest BCUT2D eigenvalue weighted by Crippen LogP contribution is -2.28. The minimum atomic E-state index is -0.0446. The van der Waals surface area contributed by atoms with Gasteiger partial charge in [0.05, 0.1) is 38.3 Å². The van der Waals surface area contributed by atoms with Crippen molar-refractivity contribution in [3.05, 3.63) is 83.2 Å². The van der Waals surface area contributed by atoms with Crippen molar-refractivity contribution in [2.75, 3.05) is 27.4 Å². The maximum absolute atomic E-state index is 12.6. The van der Waals surface area contributed by atoms with E-state index in [1.165, 1.54) is 0 Å². The molecular weight excluding hydrogens is 466 g/mol. The lowest BCUT2D eigenvalue weighted by atomic mass is 10.1. The Morgan fingerprint density at radius 2 is 1.70 bits per heavy atom. The van der Waals surface area contributed by atoms with Crippen molar-refractivity contribution in [3.8, 4) is 17.2 Å². The van der Waals surface area contributed by atoms with Gasteiger partial charge in [0.25, 0.3) is 0 Å². The van der Waals surface area contributed by atoms with Gasteiger partial charge in [-0.2, -0.15) is 0 Å². The molecule has 4 rings (SSSR count). The van der Waals surface area contributed by atoms with E-state index in [1.807, 2.05) is 42.5 Å². The van der Waals surface area contributed by atoms with Crippen molar-refractivity contribution < 1.29 is 19.0 Å². The summed E-state index contributed by atoms with van der Waals surface area (Å²) in [6.07, 6.45) is 1.77. The second kappa shape index (κ2) is 12.3. The Labute approximate surface area is 218 Å². The summed E-state index contributed by atoms with van der Waals surface area (Å²) in [5, 5.41) is 3.03. The summed E-state index contributed by atoms with van der Waals surface area (Å²) in [6.45, 7) is 6.07. The fourth-order valence-corrected chi connectivity index (χ4v) is 4.54. The second-order valence-corrected chi connectivity index (χ2v) is 9.06. The first-order valence-corrected chi connectivity index (χ1v) is 12.6. The Balaban J connectivity index is 1.35. The Kier molecular flexibility index (Phi) is 8.67. The first kappa shape index (κ1) is 26.1. The summed E-state index contributed by atoms with van der Waals surface area (Å²) in [5.41, 5.74) is 5.23. The minimum absolute atomic E-state index is 0.0446. The molecule has 1 heterocycles. The third-order valence-electron chi connectivity index (χ3n) is 6.40. The van der Waals surface area contributed by atoms with E-state index in [0.29, 0.717) is 31.1 Å². The van der Waals surface area contributed by atoms with Crippen molar-refractivity contribution >= 4 is 16.9 Å². The van der Waals surface area contributed by atoms with E-state index in [0.717, 1.165) is 52.3 Å². The van der Waals surface area contributed by atoms with Gasteiger partial charge < -0.3 is 24.1 Å². The number of methoxy groups -OCH3 is 2. The first-order chi connectivity index (χ1) is 18.0. The van der Waals surface area contributed by atoms with Crippen molar-refractivity contribution in [1.29, 1.82) is 0 Å². The summed E-state index contributed by atoms with van der Waals surface area (Å²) in [4.78, 5) is 17.4. The number of para-hydroxylation sites is 3. The van der Waals surface area contributed by atoms with E-state index in [4.69, 9.17) is 19.2 Å². The molecule has 0 atom stereocenters. The predicted molar refractivity (Wildman–Crippen MR) is 146 cm³/mol. The molecule has 3 aromatic carbocycles. The highest BCUT2D eigenvalue weighted by Gasteiger charge is 2.12. The van der Waals surface area contributed by atoms with Crippen LogP contribution in [0.5, 0.6) is 17.2 Å². The monoisotopic (exact) mass is 501 g/mol. The largest absolute Gasteiger partial charge is 0.493 e. The minimum Gasteiger partial charge on any atom is -0.493 e. The van der Waals surface area contributed by atoms with Gasteiger partial charge in [-0.1, -0.05) is 36.4 Å². The number of hydrogen-bond acceptors (Lipinski definition) is 5. The number of aryl methyl sites for hydroxylation is 3. The lowest BCUT2D eigenvalue weighted by molar-refractivity contribution is -0.120. The molecule has 0 spiro atoms. The number of aromatic nitrogens is 2. The topological polar surface area (TPSA) is 74.6 Å². The highest BCUT2D eigenvalue weighted by atomic mass is 16.5. The maximum Gasteiger partial charge on any atom is 0.224 e. The van der Waals surface area contributed by atoms with Crippen LogP contribution in [0.3, 0.4) is 0 Å². The molecule has 1 amide bonds. The van der Waals surface area contributed by atoms with Gasteiger partial charge in [-0.3, -0.25) is 4.79 Å². The number of ether oxygens (including phenoxy) is 3. The van der Waals surface area contributed by atoms with E-state index in [9.17, 15) is 4.79 Å². The fourth-order valence-electron chi connectivity index (χ4n) is 4.54. The number of nitrogens with one attached hydrogen (secondary N) is 1. The third kappa shape index (κ3) is 6.42. The van der Waals surface area contributed by atoms with Crippen molar-refractivity contribution in [2.45, 2.75) is 39.7 Å². The Bertz CT molecular complexity index is 1340. The second-order valence-electron chi connectivity index (χ2n) is 9.06. The number of benzene rings is 3. The summed E-state index contributed by atoms with van der Waals surface area (Å²) >= 11 is 0. The molecule has 37 heavy (non-hydrogen) atoms. The molecule has 7 nitrogen and oxygen atoms in total. The van der Waals surface area contributed by atoms with Gasteiger partial charge in [-0.05, 0) is 61.2 Å². The molecule has 0 saturated carbocycles. The van der Waals surface area contributed by atoms with Crippen LogP contribution in [-0.2, 0) is 24.2 Å². The van der Waals surface area contributed by atoms with Gasteiger partial charge in [-0.15, -0.1) is 0 Å². The van der Waals surface area contributed by atoms with Crippen LogP contribution in [0.2, 0.25) is 0 Å². The van der Waals surface area contributed by atoms with Crippen LogP contribution in [0, 0.1) is 13.8 Å². The average Bonchev–Trinajstić information content (AvgIpc) is 3.25. The molecule has 1 aromatic heterocycles. The van der Waals surface area contributed by atoms with E-state index in [-0.39, 0.29) is 12.3 Å². The highest BCUT2D eigenvalue weighted by molar-refractivity contribution is 5.79. The van der Waals surface area contributed by atoms with Crippen LogP contribution in [0.15, 0.2) is 60.7 Å². The Morgan fingerprint density at radius 1 is 0.946 bits per heavy atom. The number of amides is 1. The van der Waals surface area contributed by atoms with Crippen molar-refractivity contribution in [1.82, 2.24) is 14.9 Å². The van der Waals surface area contributed by atoms with Crippen LogP contribution in [0.4, 0.5) is 0 Å². The maximum atomic E-state index is 12.6. The molecule has 0 aliphatic heterocycles. The zero-order chi connectivity index (χ0) is 26.2. The SMILES string of the molecule is COc1ccc(CC(=O)NCCc2nc3ccccc3n2CCCOc2c(C)cccc2C)cc1OC. The van der Waals surface area contributed by atoms with Gasteiger partial charge in [0.15, 0.2) is 11.5 Å². The van der Waals surface area contributed by atoms with Crippen LogP contribution in [-0.4, -0.2) is 42.8 Å². The van der Waals surface area contributed by atoms with Crippen LogP contribution < -0.4 is 19.5 Å². The summed E-state index contributed by atoms with van der Waals surface area (Å²) in [5.74, 6) is 3.14. The third-order valence-corrected chi connectivity index (χ3v) is 6.40. The van der Waals surface area contributed by atoms with Crippen LogP contribution >= 0.6 is 0 Å². The highest BCUT2D eigenvalue weighted by Crippen LogP contribution is 2.27. The van der Waals surface area contributed by atoms with Gasteiger partial charge in [-0.25, -0.2) is 4.98 Å². The van der Waals surface area contributed by atoms with E-state index in [1.54, 1.807) is 14.2 Å². The molecule has 194 valence electrons. The van der Waals surface area contributed by atoms with E-state index >= 15 is 0 Å². The molecule has 0 fully saturated rings. The molecule has 0 unspecified atom stereocenters. The summed E-state index contributed by atoms with van der Waals surface area (Å²) < 4.78 is 19.0. The molecule has 4 aromatic rings. The lowest BCUT2D eigenvalue weighted by Gasteiger charge is -2.13. The molecule has 7 heteroatoms. The molecule has 1 N–H and O–H groups in total. The molecule has 0 radical (unpaired) electrons. The first-order valence-electron chi connectivity index (χ1n) is 12.6. The van der Waals surface area contributed by atoms with Gasteiger partial charge >= 0.3 is 0 Å². The average molecular weight is 502 g/mol. The zero-order valence-corrected chi connectivity index (χ0v) is 22.0. The van der Waals surface area contributed by atoms with Gasteiger partial charge in [0.2, 0.25) is 5.91 Å². The van der Waals surface area contributed by atoms with Crippen molar-refractivity contribution in [2.24, 2.45) is 0 Å². The standard InChI is InChI=1S/C30H35N3O4/c1-21-9-7-10-22(2)30(21)37-18-8-17-33-25-12-6-5-11-24(25)32-28(33)15-16-31-29(34)20-23-13-14-26(35-3)27(19-23)36-4/h5-7,9-14,19H,8,15-18,20H2,1-4H3,(H,31,34). The Hall–Kier alpha value is -4.00. The molecule has 0 bridgehead atoms. The predicted octanol–water partition coefficient (Wildman–Crippen LogP) is 5.04. The fraction of sp³-hybridized carbons (Fsp3) is 0.333. The number of hydrogen-bond donors (Lipinski definition) is 1. The number of nitrogens with zero attached hydrogens (tertiary/aromatic N) is 2. The van der Waals surface area contributed by atoms with Gasteiger partial charge in [0.1, 0.15) is 11.6 Å². The molecule has 0 saturated heterocycles. The number of carbonyl (C=O) groups excluding carboxylic acids is 1. The summed E-state index contributed by atoms with van der Waals surface area (Å²) in [7, 11) is 3.18. The van der Waals surface area contributed by atoms with Crippen LogP contribution in [0.25, 0.3) is 11.0 Å². The number of fused-ring (bicyclic) bond motifs is 1. The summed E-state index contributed by atoms with van der Waals surface area (Å²) in [6, 6.07) is 19.9. The van der Waals surface area contributed by atoms with E-state index < -0.39 is 0 Å². The van der Waals surface area contributed by atoms with Gasteiger partial charge in [0, 0.05) is 19.5 Å². The quantitative estimate of drug-likeness (QED) is 0.275. The van der Waals surface area contributed by atoms with Crippen molar-refractivity contribution in [3.63, 3.8) is 0 Å². The smallest absolute Gasteiger partial charge is 0.224 e. The number of carbonyl (C=O) groups is 1. The normalized spacial score (nSPS) is 10.9. The van der Waals surface area contributed by atoms with Crippen LogP contribution in [0.1, 0.15) is 28.9 Å². The van der Waals surface area contributed by atoms with E-state index in [2.05, 4.69) is 41.9 Å².